The van der Waals surface area contributed by atoms with Crippen molar-refractivity contribution >= 4 is 34.7 Å². The van der Waals surface area contributed by atoms with Crippen LogP contribution in [0.15, 0.2) is 48.7 Å². The predicted octanol–water partition coefficient (Wildman–Crippen LogP) is 4.28. The Bertz CT molecular complexity index is 1110. The number of nitrogens with zero attached hydrogens (tertiary/aromatic N) is 2. The number of Topliss-reactive ketones (excluding diaryl/α,β-unsaturated/α-hetero) is 1. The summed E-state index contributed by atoms with van der Waals surface area (Å²) in [5.41, 5.74) is 2.18. The molecule has 148 valence electrons. The van der Waals surface area contributed by atoms with E-state index in [0.717, 1.165) is 11.6 Å². The normalized spacial score (nSPS) is 10.6. The number of hydrogen-bond donors (Lipinski definition) is 2. The van der Waals surface area contributed by atoms with Crippen molar-refractivity contribution in [2.24, 2.45) is 7.05 Å². The van der Waals surface area contributed by atoms with E-state index in [1.165, 1.54) is 23.0 Å². The van der Waals surface area contributed by atoms with Crippen LogP contribution in [-0.2, 0) is 13.5 Å². The first-order chi connectivity index (χ1) is 13.8. The highest BCUT2D eigenvalue weighted by molar-refractivity contribution is 6.30. The maximum absolute atomic E-state index is 14.0. The summed E-state index contributed by atoms with van der Waals surface area (Å²) in [6.07, 6.45) is 1.29. The molecule has 3 rings (SSSR count). The van der Waals surface area contributed by atoms with Crippen molar-refractivity contribution in [3.8, 4) is 0 Å². The molecule has 0 aliphatic heterocycles. The summed E-state index contributed by atoms with van der Waals surface area (Å²) >= 11 is 5.73. The minimum atomic E-state index is -0.658. The number of anilines is 1. The van der Waals surface area contributed by atoms with Gasteiger partial charge < -0.3 is 10.7 Å². The Kier molecular flexibility index (Phi) is 5.89. The quantitative estimate of drug-likeness (QED) is 0.468. The van der Waals surface area contributed by atoms with Gasteiger partial charge in [0.2, 0.25) is 0 Å². The molecule has 0 unspecified atom stereocenters. The molecule has 0 bridgehead atoms. The Morgan fingerprint density at radius 2 is 1.83 bits per heavy atom. The number of aryl methyl sites for hydroxylation is 1. The summed E-state index contributed by atoms with van der Waals surface area (Å²) in [6.45, 7) is 1.67. The molecular formula is C21H18ClFN4O2. The molecule has 0 aliphatic rings. The number of aromatic nitrogens is 2. The van der Waals surface area contributed by atoms with Crippen molar-refractivity contribution in [1.82, 2.24) is 9.78 Å². The molecule has 8 heteroatoms. The van der Waals surface area contributed by atoms with Gasteiger partial charge in [0, 0.05) is 23.3 Å². The van der Waals surface area contributed by atoms with E-state index >= 15 is 0 Å². The van der Waals surface area contributed by atoms with Gasteiger partial charge in [0.25, 0.3) is 5.91 Å². The number of nitrogens with one attached hydrogen (secondary N) is 2. The van der Waals surface area contributed by atoms with E-state index in [1.807, 2.05) is 0 Å². The Labute approximate surface area is 171 Å². The fourth-order valence-electron chi connectivity index (χ4n) is 2.80. The summed E-state index contributed by atoms with van der Waals surface area (Å²) in [5.74, 6) is -1.43. The van der Waals surface area contributed by atoms with Crippen molar-refractivity contribution in [2.75, 3.05) is 5.32 Å². The number of carbonyl (C=O) groups is 2. The molecule has 1 heterocycles. The second-order valence-electron chi connectivity index (χ2n) is 6.51. The molecule has 1 amide bonds. The number of ketones is 1. The van der Waals surface area contributed by atoms with Gasteiger partial charge in [-0.15, -0.1) is 0 Å². The van der Waals surface area contributed by atoms with Gasteiger partial charge in [0.15, 0.2) is 5.78 Å². The van der Waals surface area contributed by atoms with Gasteiger partial charge in [0.1, 0.15) is 5.82 Å². The van der Waals surface area contributed by atoms with Crippen LogP contribution < -0.4 is 5.32 Å². The lowest BCUT2D eigenvalue weighted by atomic mass is 10.0. The first-order valence-electron chi connectivity index (χ1n) is 8.72. The van der Waals surface area contributed by atoms with Crippen molar-refractivity contribution in [3.05, 3.63) is 81.9 Å². The first kappa shape index (κ1) is 20.4. The fourth-order valence-corrected chi connectivity index (χ4v) is 2.96. The van der Waals surface area contributed by atoms with Gasteiger partial charge in [-0.3, -0.25) is 14.3 Å². The number of rotatable bonds is 6. The lowest BCUT2D eigenvalue weighted by Crippen LogP contribution is -2.17. The summed E-state index contributed by atoms with van der Waals surface area (Å²) < 4.78 is 15.4. The van der Waals surface area contributed by atoms with Gasteiger partial charge in [0.05, 0.1) is 29.6 Å². The summed E-state index contributed by atoms with van der Waals surface area (Å²) in [6, 6.07) is 10.6. The lowest BCUT2D eigenvalue weighted by molar-refractivity contribution is 0.0990. The van der Waals surface area contributed by atoms with Crippen LogP contribution in [0.4, 0.5) is 10.1 Å². The zero-order valence-corrected chi connectivity index (χ0v) is 16.5. The molecular weight excluding hydrogens is 395 g/mol. The van der Waals surface area contributed by atoms with Crippen LogP contribution in [0.25, 0.3) is 0 Å². The second-order valence-corrected chi connectivity index (χ2v) is 6.95. The number of benzene rings is 2. The standard InChI is InChI=1S/C21H18ClFN4O2/c1-12(24)13-3-5-14(6-4-13)20(28)10-19-16(11-25-27(19)2)21(29)26-18-8-7-15(22)9-17(18)23/h3-9,11,24H,10H2,1-2H3,(H,26,29). The first-order valence-corrected chi connectivity index (χ1v) is 9.10. The molecule has 0 spiro atoms. The molecule has 1 aromatic heterocycles. The van der Waals surface area contributed by atoms with Crippen LogP contribution in [-0.4, -0.2) is 27.2 Å². The molecule has 29 heavy (non-hydrogen) atoms. The van der Waals surface area contributed by atoms with E-state index in [2.05, 4.69) is 10.4 Å². The van der Waals surface area contributed by atoms with Crippen LogP contribution in [0.1, 0.15) is 38.9 Å². The Hall–Kier alpha value is -3.32. The van der Waals surface area contributed by atoms with E-state index in [1.54, 1.807) is 38.2 Å². The largest absolute Gasteiger partial charge is 0.319 e. The van der Waals surface area contributed by atoms with E-state index < -0.39 is 11.7 Å². The van der Waals surface area contributed by atoms with Crippen LogP contribution >= 0.6 is 11.6 Å². The van der Waals surface area contributed by atoms with Gasteiger partial charge in [-0.1, -0.05) is 35.9 Å². The van der Waals surface area contributed by atoms with Crippen molar-refractivity contribution in [2.45, 2.75) is 13.3 Å². The molecule has 6 nitrogen and oxygen atoms in total. The molecule has 0 saturated heterocycles. The van der Waals surface area contributed by atoms with Crippen molar-refractivity contribution < 1.29 is 14.0 Å². The SMILES string of the molecule is CC(=N)c1ccc(C(=O)Cc2c(C(=O)Nc3ccc(Cl)cc3F)cnn2C)cc1. The molecule has 0 atom stereocenters. The maximum Gasteiger partial charge on any atom is 0.259 e. The third-order valence-corrected chi connectivity index (χ3v) is 4.69. The zero-order valence-electron chi connectivity index (χ0n) is 15.8. The van der Waals surface area contributed by atoms with Crippen molar-refractivity contribution in [1.29, 1.82) is 5.41 Å². The fraction of sp³-hybridized carbons (Fsp3) is 0.143. The van der Waals surface area contributed by atoms with Crippen LogP contribution in [0.2, 0.25) is 5.02 Å². The van der Waals surface area contributed by atoms with Gasteiger partial charge >= 0.3 is 0 Å². The van der Waals surface area contributed by atoms with Crippen molar-refractivity contribution in [3.63, 3.8) is 0 Å². The molecule has 2 aromatic carbocycles. The van der Waals surface area contributed by atoms with Crippen LogP contribution in [0.5, 0.6) is 0 Å². The molecule has 0 saturated carbocycles. The number of carbonyl (C=O) groups excluding carboxylic acids is 2. The Balaban J connectivity index is 1.80. The smallest absolute Gasteiger partial charge is 0.259 e. The average molecular weight is 413 g/mol. The Morgan fingerprint density at radius 1 is 1.17 bits per heavy atom. The minimum absolute atomic E-state index is 0.0156. The Morgan fingerprint density at radius 3 is 2.45 bits per heavy atom. The number of amides is 1. The highest BCUT2D eigenvalue weighted by atomic mass is 35.5. The number of halogens is 2. The molecule has 0 aliphatic carbocycles. The number of hydrogen-bond acceptors (Lipinski definition) is 4. The predicted molar refractivity (Wildman–Crippen MR) is 110 cm³/mol. The maximum atomic E-state index is 14.0. The average Bonchev–Trinajstić information content (AvgIpc) is 3.04. The highest BCUT2D eigenvalue weighted by Crippen LogP contribution is 2.21. The zero-order chi connectivity index (χ0) is 21.1. The van der Waals surface area contributed by atoms with E-state index in [4.69, 9.17) is 17.0 Å². The minimum Gasteiger partial charge on any atom is -0.319 e. The summed E-state index contributed by atoms with van der Waals surface area (Å²) in [7, 11) is 1.63. The topological polar surface area (TPSA) is 87.8 Å². The van der Waals surface area contributed by atoms with Crippen LogP contribution in [0, 0.1) is 11.2 Å². The third kappa shape index (κ3) is 4.57. The summed E-state index contributed by atoms with van der Waals surface area (Å²) in [4.78, 5) is 25.3. The summed E-state index contributed by atoms with van der Waals surface area (Å²) in [5, 5.41) is 14.4. The van der Waals surface area contributed by atoms with E-state index in [-0.39, 0.29) is 28.5 Å². The van der Waals surface area contributed by atoms with Crippen LogP contribution in [0.3, 0.4) is 0 Å². The van der Waals surface area contributed by atoms with Gasteiger partial charge in [-0.2, -0.15) is 5.10 Å². The molecule has 0 fully saturated rings. The molecule has 3 aromatic rings. The van der Waals surface area contributed by atoms with E-state index in [9.17, 15) is 14.0 Å². The molecule has 0 radical (unpaired) electrons. The monoisotopic (exact) mass is 412 g/mol. The van der Waals surface area contributed by atoms with E-state index in [0.29, 0.717) is 17.0 Å². The van der Waals surface area contributed by atoms with Gasteiger partial charge in [-0.25, -0.2) is 4.39 Å². The molecule has 2 N–H and O–H groups in total. The third-order valence-electron chi connectivity index (χ3n) is 4.45. The lowest BCUT2D eigenvalue weighted by Gasteiger charge is -2.09. The second kappa shape index (κ2) is 8.36. The van der Waals surface area contributed by atoms with Gasteiger partial charge in [-0.05, 0) is 30.7 Å². The highest BCUT2D eigenvalue weighted by Gasteiger charge is 2.20.